The van der Waals surface area contributed by atoms with E-state index in [0.29, 0.717) is 34.4 Å². The van der Waals surface area contributed by atoms with Gasteiger partial charge in [0, 0.05) is 67.1 Å². The minimum absolute atomic E-state index is 0.291. The van der Waals surface area contributed by atoms with Crippen LogP contribution in [0.25, 0.3) is 10.9 Å². The van der Waals surface area contributed by atoms with Crippen LogP contribution < -0.4 is 10.1 Å². The molecule has 4 heterocycles. The van der Waals surface area contributed by atoms with E-state index in [1.165, 1.54) is 6.07 Å². The molecule has 7 rings (SSSR count). The number of hydrogen-bond donors (Lipinski definition) is 1. The van der Waals surface area contributed by atoms with Gasteiger partial charge in [-0.3, -0.25) is 24.7 Å². The SMILES string of the molecule is C=C1C(C(=O)Nc2ccc(Cc3ccnc4cc(CN5CCC6(CCOC6)C5)c(OC)cc34)c(F)c2)=C(C)N(C)N1C1=CC=CCC=C1. The average molecular weight is 648 g/mol. The first-order chi connectivity index (χ1) is 23.2. The molecule has 2 aromatic carbocycles. The first kappa shape index (κ1) is 31.8. The van der Waals surface area contributed by atoms with E-state index in [9.17, 15) is 4.79 Å². The summed E-state index contributed by atoms with van der Waals surface area (Å²) in [4.78, 5) is 20.6. The number of rotatable bonds is 8. The Morgan fingerprint density at radius 3 is 2.81 bits per heavy atom. The average Bonchev–Trinajstić information content (AvgIpc) is 3.68. The fourth-order valence-electron chi connectivity index (χ4n) is 7.42. The van der Waals surface area contributed by atoms with Gasteiger partial charge >= 0.3 is 0 Å². The molecule has 0 saturated carbocycles. The van der Waals surface area contributed by atoms with Gasteiger partial charge in [-0.1, -0.05) is 30.9 Å². The maximum absolute atomic E-state index is 15.6. The summed E-state index contributed by atoms with van der Waals surface area (Å²) in [7, 11) is 3.59. The molecule has 1 spiro atoms. The monoisotopic (exact) mass is 647 g/mol. The number of likely N-dealkylation sites (tertiary alicyclic amines) is 1. The van der Waals surface area contributed by atoms with Gasteiger partial charge in [-0.25, -0.2) is 4.39 Å². The van der Waals surface area contributed by atoms with E-state index in [2.05, 4.69) is 40.0 Å². The Kier molecular flexibility index (Phi) is 8.66. The lowest BCUT2D eigenvalue weighted by Crippen LogP contribution is -2.31. The lowest BCUT2D eigenvalue weighted by Gasteiger charge is -2.30. The number of allylic oxidation sites excluding steroid dienone is 6. The quantitative estimate of drug-likeness (QED) is 0.286. The van der Waals surface area contributed by atoms with Crippen LogP contribution in [0.2, 0.25) is 0 Å². The molecule has 1 amide bonds. The van der Waals surface area contributed by atoms with Crippen molar-refractivity contribution in [3.05, 3.63) is 125 Å². The zero-order chi connectivity index (χ0) is 33.4. The third-order valence-corrected chi connectivity index (χ3v) is 10.1. The summed E-state index contributed by atoms with van der Waals surface area (Å²) < 4.78 is 27.2. The Hall–Kier alpha value is -4.73. The van der Waals surface area contributed by atoms with Crippen molar-refractivity contribution in [3.63, 3.8) is 0 Å². The number of hydrazine groups is 1. The van der Waals surface area contributed by atoms with Gasteiger partial charge in [-0.05, 0) is 86.3 Å². The standard InChI is InChI=1S/C39H42FN5O3/c1-26-37(27(2)45(43(26)3)32-9-7-5-6-8-10-32)38(46)42-31-12-11-29(34(40)21-31)19-28-13-16-41-35-20-30(36(47-4)22-33(28)35)23-44-17-14-39(24-44)15-18-48-25-39/h5,7-13,16,20-22H,2,6,14-15,17-19,23-25H2,1,3-4H3,(H,42,46). The van der Waals surface area contributed by atoms with Crippen LogP contribution in [-0.4, -0.2) is 66.3 Å². The normalized spacial score (nSPS) is 21.2. The largest absolute Gasteiger partial charge is 0.496 e. The summed E-state index contributed by atoms with van der Waals surface area (Å²) in [6.45, 7) is 10.7. The van der Waals surface area contributed by atoms with Crippen LogP contribution in [-0.2, 0) is 22.5 Å². The Morgan fingerprint density at radius 1 is 1.15 bits per heavy atom. The fraction of sp³-hybridized carbons (Fsp3) is 0.333. The third kappa shape index (κ3) is 6.04. The van der Waals surface area contributed by atoms with Crippen LogP contribution >= 0.6 is 0 Å². The Balaban J connectivity index is 1.06. The molecule has 3 aromatic rings. The summed E-state index contributed by atoms with van der Waals surface area (Å²) in [5.41, 5.74) is 6.79. The summed E-state index contributed by atoms with van der Waals surface area (Å²) >= 11 is 0. The van der Waals surface area contributed by atoms with Crippen molar-refractivity contribution >= 4 is 22.5 Å². The van der Waals surface area contributed by atoms with Crippen LogP contribution in [0.4, 0.5) is 10.1 Å². The van der Waals surface area contributed by atoms with Crippen molar-refractivity contribution < 1.29 is 18.7 Å². The van der Waals surface area contributed by atoms with Crippen molar-refractivity contribution in [2.45, 2.75) is 39.2 Å². The van der Waals surface area contributed by atoms with Crippen molar-refractivity contribution in [1.29, 1.82) is 0 Å². The maximum atomic E-state index is 15.6. The molecule has 3 aliphatic heterocycles. The molecule has 48 heavy (non-hydrogen) atoms. The van der Waals surface area contributed by atoms with Gasteiger partial charge in [0.1, 0.15) is 11.6 Å². The second-order valence-electron chi connectivity index (χ2n) is 13.3. The number of anilines is 1. The molecule has 0 radical (unpaired) electrons. The molecule has 248 valence electrons. The van der Waals surface area contributed by atoms with Crippen LogP contribution in [0.3, 0.4) is 0 Å². The molecule has 9 heteroatoms. The van der Waals surface area contributed by atoms with E-state index in [1.54, 1.807) is 25.4 Å². The lowest BCUT2D eigenvalue weighted by atomic mass is 9.87. The van der Waals surface area contributed by atoms with E-state index in [-0.39, 0.29) is 5.91 Å². The minimum atomic E-state index is -0.393. The number of carbonyl (C=O) groups is 1. The summed E-state index contributed by atoms with van der Waals surface area (Å²) in [5, 5.41) is 7.63. The molecule has 1 N–H and O–H groups in total. The van der Waals surface area contributed by atoms with Crippen LogP contribution in [0.5, 0.6) is 5.75 Å². The number of nitrogens with zero attached hydrogens (tertiary/aromatic N) is 4. The molecule has 1 unspecified atom stereocenters. The van der Waals surface area contributed by atoms with E-state index in [4.69, 9.17) is 9.47 Å². The lowest BCUT2D eigenvalue weighted by molar-refractivity contribution is -0.112. The van der Waals surface area contributed by atoms with Gasteiger partial charge in [0.15, 0.2) is 0 Å². The first-order valence-corrected chi connectivity index (χ1v) is 16.6. The number of ether oxygens (including phenoxy) is 2. The number of benzene rings is 2. The van der Waals surface area contributed by atoms with Gasteiger partial charge in [-0.2, -0.15) is 0 Å². The van der Waals surface area contributed by atoms with Crippen LogP contribution in [0, 0.1) is 11.2 Å². The van der Waals surface area contributed by atoms with Crippen LogP contribution in [0.15, 0.2) is 102 Å². The van der Waals surface area contributed by atoms with E-state index in [0.717, 1.165) is 91.3 Å². The van der Waals surface area contributed by atoms with Gasteiger partial charge in [0.2, 0.25) is 0 Å². The number of carbonyl (C=O) groups excluding carboxylic acids is 1. The zero-order valence-electron chi connectivity index (χ0n) is 27.9. The highest BCUT2D eigenvalue weighted by Crippen LogP contribution is 2.40. The Morgan fingerprint density at radius 2 is 2.02 bits per heavy atom. The van der Waals surface area contributed by atoms with Crippen molar-refractivity contribution in [3.8, 4) is 5.75 Å². The topological polar surface area (TPSA) is 70.2 Å². The Labute approximate surface area is 281 Å². The number of nitrogens with one attached hydrogen (secondary N) is 1. The molecule has 1 aliphatic carbocycles. The highest BCUT2D eigenvalue weighted by Gasteiger charge is 2.41. The number of hydrogen-bond acceptors (Lipinski definition) is 7. The van der Waals surface area contributed by atoms with E-state index >= 15 is 4.39 Å². The van der Waals surface area contributed by atoms with Gasteiger partial charge in [-0.15, -0.1) is 0 Å². The van der Waals surface area contributed by atoms with Crippen molar-refractivity contribution in [2.75, 3.05) is 45.8 Å². The van der Waals surface area contributed by atoms with Gasteiger partial charge < -0.3 is 14.8 Å². The molecule has 1 aromatic heterocycles. The maximum Gasteiger partial charge on any atom is 0.259 e. The van der Waals surface area contributed by atoms with Crippen molar-refractivity contribution in [1.82, 2.24) is 19.9 Å². The second kappa shape index (κ2) is 13.1. The molecule has 1 atom stereocenters. The van der Waals surface area contributed by atoms with Crippen molar-refractivity contribution in [2.24, 2.45) is 5.41 Å². The summed E-state index contributed by atoms with van der Waals surface area (Å²) in [6, 6.07) is 10.9. The summed E-state index contributed by atoms with van der Waals surface area (Å²) in [5.74, 6) is 0.0795. The molecule has 4 aliphatic rings. The molecular formula is C39H42FN5O3. The van der Waals surface area contributed by atoms with E-state index in [1.807, 2.05) is 54.4 Å². The summed E-state index contributed by atoms with van der Waals surface area (Å²) in [6.07, 6.45) is 15.4. The van der Waals surface area contributed by atoms with E-state index < -0.39 is 5.82 Å². The highest BCUT2D eigenvalue weighted by atomic mass is 19.1. The number of pyridine rings is 1. The predicted molar refractivity (Wildman–Crippen MR) is 186 cm³/mol. The number of fused-ring (bicyclic) bond motifs is 1. The fourth-order valence-corrected chi connectivity index (χ4v) is 7.42. The highest BCUT2D eigenvalue weighted by molar-refractivity contribution is 6.07. The second-order valence-corrected chi connectivity index (χ2v) is 13.3. The minimum Gasteiger partial charge on any atom is -0.496 e. The van der Waals surface area contributed by atoms with Gasteiger partial charge in [0.25, 0.3) is 5.91 Å². The smallest absolute Gasteiger partial charge is 0.259 e. The molecule has 8 nitrogen and oxygen atoms in total. The first-order valence-electron chi connectivity index (χ1n) is 16.6. The van der Waals surface area contributed by atoms with Crippen LogP contribution in [0.1, 0.15) is 42.9 Å². The molecule has 0 bridgehead atoms. The number of amides is 1. The predicted octanol–water partition coefficient (Wildman–Crippen LogP) is 6.87. The van der Waals surface area contributed by atoms with Gasteiger partial charge in [0.05, 0.1) is 36.2 Å². The molecular weight excluding hydrogens is 605 g/mol. The molecule has 2 fully saturated rings. The number of halogens is 1. The third-order valence-electron chi connectivity index (χ3n) is 10.1. The number of methoxy groups -OCH3 is 1. The zero-order valence-corrected chi connectivity index (χ0v) is 27.9. The Bertz CT molecular complexity index is 1900. The number of aromatic nitrogens is 1. The molecule has 2 saturated heterocycles.